The number of benzene rings is 2. The first-order chi connectivity index (χ1) is 12.7. The largest absolute Gasteiger partial charge is 0.495 e. The molecule has 0 radical (unpaired) electrons. The SMILES string of the molecule is COc1ccc(-c2cc3ccccc3oc2=O)cc1N(C)C(=O)C(F)(F)F. The number of fused-ring (bicyclic) bond motifs is 1. The number of para-hydroxylation sites is 1. The molecule has 3 rings (SSSR count). The van der Waals surface area contributed by atoms with Crippen molar-refractivity contribution in [3.63, 3.8) is 0 Å². The van der Waals surface area contributed by atoms with Gasteiger partial charge in [0, 0.05) is 12.4 Å². The monoisotopic (exact) mass is 377 g/mol. The molecule has 0 aliphatic carbocycles. The average Bonchev–Trinajstić information content (AvgIpc) is 2.65. The van der Waals surface area contributed by atoms with Crippen molar-refractivity contribution in [1.82, 2.24) is 0 Å². The molecule has 0 spiro atoms. The van der Waals surface area contributed by atoms with Crippen LogP contribution in [0.2, 0.25) is 0 Å². The highest BCUT2D eigenvalue weighted by Crippen LogP contribution is 2.34. The third-order valence-corrected chi connectivity index (χ3v) is 4.04. The number of anilines is 1. The van der Waals surface area contributed by atoms with Crippen LogP contribution in [-0.4, -0.2) is 26.2 Å². The molecule has 0 fully saturated rings. The van der Waals surface area contributed by atoms with Crippen LogP contribution < -0.4 is 15.3 Å². The Kier molecular flexibility index (Phi) is 4.65. The van der Waals surface area contributed by atoms with Crippen molar-refractivity contribution in [2.75, 3.05) is 19.1 Å². The third kappa shape index (κ3) is 3.51. The van der Waals surface area contributed by atoms with Crippen molar-refractivity contribution in [1.29, 1.82) is 0 Å². The lowest BCUT2D eigenvalue weighted by Crippen LogP contribution is -2.38. The van der Waals surface area contributed by atoms with Crippen molar-refractivity contribution in [3.8, 4) is 16.9 Å². The van der Waals surface area contributed by atoms with Gasteiger partial charge >= 0.3 is 17.7 Å². The minimum atomic E-state index is -5.04. The standard InChI is InChI=1S/C19H14F3NO4/c1-23(18(25)19(20,21)22)14-10-11(7-8-16(14)26-2)13-9-12-5-3-4-6-15(12)27-17(13)24/h3-10H,1-2H3. The van der Waals surface area contributed by atoms with Gasteiger partial charge in [-0.3, -0.25) is 4.79 Å². The molecule has 0 bridgehead atoms. The number of alkyl halides is 3. The van der Waals surface area contributed by atoms with Gasteiger partial charge in [0.05, 0.1) is 18.4 Å². The van der Waals surface area contributed by atoms with Crippen LogP contribution in [0.1, 0.15) is 0 Å². The van der Waals surface area contributed by atoms with Gasteiger partial charge in [0.2, 0.25) is 0 Å². The van der Waals surface area contributed by atoms with Crippen molar-refractivity contribution < 1.29 is 27.1 Å². The molecule has 0 N–H and O–H groups in total. The van der Waals surface area contributed by atoms with Gasteiger partial charge in [0.15, 0.2) is 0 Å². The zero-order valence-corrected chi connectivity index (χ0v) is 14.3. The van der Waals surface area contributed by atoms with Crippen LogP contribution in [0.5, 0.6) is 5.75 Å². The molecule has 0 aliphatic heterocycles. The first kappa shape index (κ1) is 18.5. The molecule has 27 heavy (non-hydrogen) atoms. The van der Waals surface area contributed by atoms with Crippen LogP contribution in [0.15, 0.2) is 57.7 Å². The number of hydrogen-bond donors (Lipinski definition) is 0. The van der Waals surface area contributed by atoms with Crippen LogP contribution in [0.4, 0.5) is 18.9 Å². The zero-order valence-electron chi connectivity index (χ0n) is 14.3. The highest BCUT2D eigenvalue weighted by atomic mass is 19.4. The number of carbonyl (C=O) groups is 1. The van der Waals surface area contributed by atoms with E-state index in [1.54, 1.807) is 30.3 Å². The zero-order chi connectivity index (χ0) is 19.8. The van der Waals surface area contributed by atoms with Crippen molar-refractivity contribution in [3.05, 3.63) is 59.0 Å². The molecule has 5 nitrogen and oxygen atoms in total. The summed E-state index contributed by atoms with van der Waals surface area (Å²) in [5.41, 5.74) is 0.0847. The summed E-state index contributed by atoms with van der Waals surface area (Å²) >= 11 is 0. The van der Waals surface area contributed by atoms with E-state index in [9.17, 15) is 22.8 Å². The summed E-state index contributed by atoms with van der Waals surface area (Å²) in [4.78, 5) is 24.3. The molecule has 0 aliphatic rings. The maximum Gasteiger partial charge on any atom is 0.471 e. The Labute approximate surface area is 151 Å². The first-order valence-electron chi connectivity index (χ1n) is 7.78. The summed E-state index contributed by atoms with van der Waals surface area (Å²) < 4.78 is 48.7. The Morgan fingerprint density at radius 2 is 1.81 bits per heavy atom. The van der Waals surface area contributed by atoms with Gasteiger partial charge in [0.1, 0.15) is 11.3 Å². The van der Waals surface area contributed by atoms with Crippen LogP contribution in [-0.2, 0) is 4.79 Å². The van der Waals surface area contributed by atoms with Gasteiger partial charge in [-0.25, -0.2) is 4.79 Å². The normalized spacial score (nSPS) is 11.4. The Hall–Kier alpha value is -3.29. The van der Waals surface area contributed by atoms with Crippen molar-refractivity contribution in [2.24, 2.45) is 0 Å². The Balaban J connectivity index is 2.15. The van der Waals surface area contributed by atoms with E-state index >= 15 is 0 Å². The summed E-state index contributed by atoms with van der Waals surface area (Å²) in [5, 5.41) is 0.657. The van der Waals surface area contributed by atoms with Gasteiger partial charge < -0.3 is 14.1 Å². The molecule has 140 valence electrons. The minimum Gasteiger partial charge on any atom is -0.495 e. The fourth-order valence-electron chi connectivity index (χ4n) is 2.68. The molecular formula is C19H14F3NO4. The maximum absolute atomic E-state index is 12.8. The van der Waals surface area contributed by atoms with Gasteiger partial charge in [-0.05, 0) is 29.8 Å². The lowest BCUT2D eigenvalue weighted by Gasteiger charge is -2.21. The molecule has 0 unspecified atom stereocenters. The lowest BCUT2D eigenvalue weighted by molar-refractivity contribution is -0.170. The molecule has 0 saturated carbocycles. The number of ether oxygens (including phenoxy) is 1. The molecule has 0 saturated heterocycles. The second-order valence-electron chi connectivity index (χ2n) is 5.73. The topological polar surface area (TPSA) is 59.8 Å². The van der Waals surface area contributed by atoms with E-state index in [2.05, 4.69) is 0 Å². The third-order valence-electron chi connectivity index (χ3n) is 4.04. The summed E-state index contributed by atoms with van der Waals surface area (Å²) in [6.45, 7) is 0. The second kappa shape index (κ2) is 6.79. The van der Waals surface area contributed by atoms with Crippen LogP contribution in [0, 0.1) is 0 Å². The summed E-state index contributed by atoms with van der Waals surface area (Å²) in [6, 6.07) is 12.6. The predicted octanol–water partition coefficient (Wildman–Crippen LogP) is 3.99. The molecule has 1 heterocycles. The van der Waals surface area contributed by atoms with E-state index in [0.29, 0.717) is 21.4 Å². The maximum atomic E-state index is 12.8. The number of methoxy groups -OCH3 is 1. The number of nitrogens with zero attached hydrogens (tertiary/aromatic N) is 1. The lowest BCUT2D eigenvalue weighted by atomic mass is 10.0. The van der Waals surface area contributed by atoms with Gasteiger partial charge in [-0.1, -0.05) is 24.3 Å². The number of amides is 1. The number of carbonyl (C=O) groups excluding carboxylic acids is 1. The number of hydrogen-bond acceptors (Lipinski definition) is 4. The summed E-state index contributed by atoms with van der Waals surface area (Å²) in [6.07, 6.45) is -5.04. The van der Waals surface area contributed by atoms with E-state index in [1.807, 2.05) is 0 Å². The van der Waals surface area contributed by atoms with E-state index < -0.39 is 17.7 Å². The van der Waals surface area contributed by atoms with Gasteiger partial charge in [-0.2, -0.15) is 13.2 Å². The molecule has 2 aromatic carbocycles. The number of halogens is 3. The molecule has 3 aromatic rings. The molecular weight excluding hydrogens is 363 g/mol. The van der Waals surface area contributed by atoms with E-state index in [0.717, 1.165) is 7.05 Å². The highest BCUT2D eigenvalue weighted by molar-refractivity contribution is 5.98. The Morgan fingerprint density at radius 3 is 2.48 bits per heavy atom. The molecule has 1 amide bonds. The van der Waals surface area contributed by atoms with Crippen molar-refractivity contribution >= 4 is 22.6 Å². The summed E-state index contributed by atoms with van der Waals surface area (Å²) in [7, 11) is 2.26. The van der Waals surface area contributed by atoms with Crippen LogP contribution in [0.3, 0.4) is 0 Å². The molecule has 8 heteroatoms. The second-order valence-corrected chi connectivity index (χ2v) is 5.73. The van der Waals surface area contributed by atoms with Gasteiger partial charge in [0.25, 0.3) is 0 Å². The number of rotatable bonds is 3. The molecule has 0 atom stereocenters. The quantitative estimate of drug-likeness (QED) is 0.648. The van der Waals surface area contributed by atoms with E-state index in [1.165, 1.54) is 25.3 Å². The average molecular weight is 377 g/mol. The van der Waals surface area contributed by atoms with Gasteiger partial charge in [-0.15, -0.1) is 0 Å². The first-order valence-corrected chi connectivity index (χ1v) is 7.78. The van der Waals surface area contributed by atoms with Crippen molar-refractivity contribution in [2.45, 2.75) is 6.18 Å². The minimum absolute atomic E-state index is 0.0593. The smallest absolute Gasteiger partial charge is 0.471 e. The van der Waals surface area contributed by atoms with Crippen LogP contribution >= 0.6 is 0 Å². The fraction of sp³-hybridized carbons (Fsp3) is 0.158. The summed E-state index contributed by atoms with van der Waals surface area (Å²) in [5.74, 6) is -1.99. The predicted molar refractivity (Wildman–Crippen MR) is 93.9 cm³/mol. The van der Waals surface area contributed by atoms with E-state index in [4.69, 9.17) is 9.15 Å². The van der Waals surface area contributed by atoms with E-state index in [-0.39, 0.29) is 17.0 Å². The highest BCUT2D eigenvalue weighted by Gasteiger charge is 2.42. The molecule has 1 aromatic heterocycles. The fourth-order valence-corrected chi connectivity index (χ4v) is 2.68. The Bertz CT molecular complexity index is 1070. The van der Waals surface area contributed by atoms with Crippen LogP contribution in [0.25, 0.3) is 22.1 Å². The Morgan fingerprint density at radius 1 is 1.11 bits per heavy atom.